The van der Waals surface area contributed by atoms with Crippen LogP contribution >= 0.6 is 0 Å². The van der Waals surface area contributed by atoms with E-state index in [4.69, 9.17) is 21.7 Å². The monoisotopic (exact) mass is 318 g/mol. The molecule has 0 rings (SSSR count). The first-order valence-corrected chi connectivity index (χ1v) is 6.75. The lowest BCUT2D eigenvalue weighted by Gasteiger charge is -2.15. The summed E-state index contributed by atoms with van der Waals surface area (Å²) in [6.45, 7) is -0.0510. The standard InChI is InChI=1S/C12H22N4O6/c13-4-2-1-3-8(12(21)22)16-9(17)6-15-11(20)7(14)5-10(18)19/h7-8H,1-6,13-14H2,(H,15,20)(H,16,17)(H,18,19)(H,21,22). The first-order valence-electron chi connectivity index (χ1n) is 6.75. The van der Waals surface area contributed by atoms with Gasteiger partial charge in [-0.1, -0.05) is 0 Å². The summed E-state index contributed by atoms with van der Waals surface area (Å²) < 4.78 is 0. The molecule has 0 bridgehead atoms. The molecule has 0 aliphatic rings. The smallest absolute Gasteiger partial charge is 0.326 e. The zero-order chi connectivity index (χ0) is 17.1. The van der Waals surface area contributed by atoms with Crippen LogP contribution in [0.25, 0.3) is 0 Å². The first-order chi connectivity index (χ1) is 10.3. The molecule has 0 fully saturated rings. The zero-order valence-corrected chi connectivity index (χ0v) is 12.1. The number of carbonyl (C=O) groups excluding carboxylic acids is 2. The third-order valence-electron chi connectivity index (χ3n) is 2.73. The first kappa shape index (κ1) is 19.8. The van der Waals surface area contributed by atoms with Gasteiger partial charge in [-0.25, -0.2) is 4.79 Å². The SMILES string of the molecule is NCCCCC(NC(=O)CNC(=O)C(N)CC(=O)O)C(=O)O. The largest absolute Gasteiger partial charge is 0.481 e. The second-order valence-corrected chi connectivity index (χ2v) is 4.66. The molecular weight excluding hydrogens is 296 g/mol. The summed E-state index contributed by atoms with van der Waals surface area (Å²) in [5.41, 5.74) is 10.6. The predicted molar refractivity (Wildman–Crippen MR) is 75.7 cm³/mol. The number of aliphatic carboxylic acids is 2. The number of hydrogen-bond acceptors (Lipinski definition) is 6. The van der Waals surface area contributed by atoms with E-state index in [1.54, 1.807) is 0 Å². The average Bonchev–Trinajstić information content (AvgIpc) is 2.42. The fourth-order valence-electron chi connectivity index (χ4n) is 1.57. The zero-order valence-electron chi connectivity index (χ0n) is 12.1. The van der Waals surface area contributed by atoms with Gasteiger partial charge in [0.1, 0.15) is 6.04 Å². The van der Waals surface area contributed by atoms with Gasteiger partial charge in [0.25, 0.3) is 0 Å². The Labute approximate surface area is 127 Å². The van der Waals surface area contributed by atoms with E-state index in [1.165, 1.54) is 0 Å². The Kier molecular flexibility index (Phi) is 9.46. The van der Waals surface area contributed by atoms with E-state index in [0.29, 0.717) is 19.4 Å². The number of carboxylic acids is 2. The minimum atomic E-state index is -1.27. The highest BCUT2D eigenvalue weighted by atomic mass is 16.4. The maximum atomic E-state index is 11.6. The Morgan fingerprint density at radius 2 is 1.73 bits per heavy atom. The summed E-state index contributed by atoms with van der Waals surface area (Å²) in [5.74, 6) is -3.92. The highest BCUT2D eigenvalue weighted by Gasteiger charge is 2.21. The van der Waals surface area contributed by atoms with Gasteiger partial charge in [0, 0.05) is 0 Å². The lowest BCUT2D eigenvalue weighted by atomic mass is 10.1. The van der Waals surface area contributed by atoms with Crippen molar-refractivity contribution in [2.75, 3.05) is 13.1 Å². The summed E-state index contributed by atoms with van der Waals surface area (Å²) in [6.07, 6.45) is 0.846. The molecule has 10 heteroatoms. The maximum Gasteiger partial charge on any atom is 0.326 e. The van der Waals surface area contributed by atoms with Crippen LogP contribution in [0.15, 0.2) is 0 Å². The van der Waals surface area contributed by atoms with Crippen LogP contribution in [0, 0.1) is 0 Å². The summed E-state index contributed by atoms with van der Waals surface area (Å²) in [5, 5.41) is 21.9. The second-order valence-electron chi connectivity index (χ2n) is 4.66. The molecule has 2 atom stereocenters. The highest BCUT2D eigenvalue weighted by molar-refractivity contribution is 5.90. The Hall–Kier alpha value is -2.20. The molecule has 0 saturated carbocycles. The van der Waals surface area contributed by atoms with Crippen molar-refractivity contribution in [1.29, 1.82) is 0 Å². The summed E-state index contributed by atoms with van der Waals surface area (Å²) >= 11 is 0. The third-order valence-corrected chi connectivity index (χ3v) is 2.73. The Balaban J connectivity index is 4.21. The van der Waals surface area contributed by atoms with Gasteiger partial charge in [-0.3, -0.25) is 14.4 Å². The number of carboxylic acid groups (broad SMARTS) is 2. The van der Waals surface area contributed by atoms with Gasteiger partial charge >= 0.3 is 11.9 Å². The van der Waals surface area contributed by atoms with Crippen LogP contribution in [0.5, 0.6) is 0 Å². The van der Waals surface area contributed by atoms with Gasteiger partial charge in [-0.05, 0) is 25.8 Å². The van der Waals surface area contributed by atoms with E-state index in [2.05, 4.69) is 10.6 Å². The number of nitrogens with one attached hydrogen (secondary N) is 2. The maximum absolute atomic E-state index is 11.6. The molecule has 10 nitrogen and oxygen atoms in total. The molecule has 2 amide bonds. The van der Waals surface area contributed by atoms with E-state index in [0.717, 1.165) is 0 Å². The van der Waals surface area contributed by atoms with Gasteiger partial charge in [0.05, 0.1) is 19.0 Å². The molecule has 0 aliphatic carbocycles. The van der Waals surface area contributed by atoms with Crippen molar-refractivity contribution in [3.8, 4) is 0 Å². The summed E-state index contributed by atoms with van der Waals surface area (Å²) in [6, 6.07) is -2.34. The number of carbonyl (C=O) groups is 4. The molecule has 0 heterocycles. The Bertz CT molecular complexity index is 414. The lowest BCUT2D eigenvalue weighted by Crippen LogP contribution is -2.48. The molecule has 0 aromatic heterocycles. The number of hydrogen-bond donors (Lipinski definition) is 6. The van der Waals surface area contributed by atoms with Crippen LogP contribution in [-0.2, 0) is 19.2 Å². The van der Waals surface area contributed by atoms with Gasteiger partial charge < -0.3 is 32.3 Å². The average molecular weight is 318 g/mol. The van der Waals surface area contributed by atoms with Crippen molar-refractivity contribution < 1.29 is 29.4 Å². The van der Waals surface area contributed by atoms with E-state index >= 15 is 0 Å². The predicted octanol–water partition coefficient (Wildman–Crippen LogP) is -2.40. The quantitative estimate of drug-likeness (QED) is 0.228. The fraction of sp³-hybridized carbons (Fsp3) is 0.667. The van der Waals surface area contributed by atoms with Crippen LogP contribution in [0.2, 0.25) is 0 Å². The van der Waals surface area contributed by atoms with E-state index in [1.807, 2.05) is 0 Å². The Morgan fingerprint density at radius 3 is 2.23 bits per heavy atom. The molecule has 0 radical (unpaired) electrons. The normalized spacial score (nSPS) is 13.0. The summed E-state index contributed by atoms with van der Waals surface area (Å²) in [7, 11) is 0. The second kappa shape index (κ2) is 10.5. The van der Waals surface area contributed by atoms with Crippen molar-refractivity contribution in [3.05, 3.63) is 0 Å². The minimum absolute atomic E-state index is 0.227. The van der Waals surface area contributed by atoms with Crippen LogP contribution in [0.1, 0.15) is 25.7 Å². The van der Waals surface area contributed by atoms with Crippen LogP contribution in [0.3, 0.4) is 0 Å². The number of unbranched alkanes of at least 4 members (excludes halogenated alkanes) is 1. The van der Waals surface area contributed by atoms with E-state index in [9.17, 15) is 19.2 Å². The van der Waals surface area contributed by atoms with Gasteiger partial charge in [-0.2, -0.15) is 0 Å². The van der Waals surface area contributed by atoms with Crippen molar-refractivity contribution in [1.82, 2.24) is 10.6 Å². The molecule has 0 aromatic rings. The number of rotatable bonds is 11. The van der Waals surface area contributed by atoms with Crippen molar-refractivity contribution >= 4 is 23.8 Å². The van der Waals surface area contributed by atoms with Crippen LogP contribution in [0.4, 0.5) is 0 Å². The summed E-state index contributed by atoms with van der Waals surface area (Å²) in [4.78, 5) is 44.3. The van der Waals surface area contributed by atoms with Gasteiger partial charge in [0.15, 0.2) is 0 Å². The molecule has 0 saturated heterocycles. The number of amides is 2. The van der Waals surface area contributed by atoms with E-state index < -0.39 is 48.8 Å². The van der Waals surface area contributed by atoms with Gasteiger partial charge in [0.2, 0.25) is 11.8 Å². The Morgan fingerprint density at radius 1 is 1.09 bits per heavy atom. The molecule has 2 unspecified atom stereocenters. The molecule has 0 aliphatic heterocycles. The number of nitrogens with two attached hydrogens (primary N) is 2. The molecule has 22 heavy (non-hydrogen) atoms. The molecule has 0 aromatic carbocycles. The van der Waals surface area contributed by atoms with Crippen LogP contribution in [-0.4, -0.2) is 59.1 Å². The molecular formula is C12H22N4O6. The van der Waals surface area contributed by atoms with Crippen molar-refractivity contribution in [2.24, 2.45) is 11.5 Å². The topological polar surface area (TPSA) is 185 Å². The van der Waals surface area contributed by atoms with Crippen molar-refractivity contribution in [3.63, 3.8) is 0 Å². The third kappa shape index (κ3) is 8.87. The van der Waals surface area contributed by atoms with Crippen LogP contribution < -0.4 is 22.1 Å². The van der Waals surface area contributed by atoms with E-state index in [-0.39, 0.29) is 6.42 Å². The molecule has 126 valence electrons. The fourth-order valence-corrected chi connectivity index (χ4v) is 1.57. The van der Waals surface area contributed by atoms with Crippen molar-refractivity contribution in [2.45, 2.75) is 37.8 Å². The molecule has 0 spiro atoms. The molecule has 8 N–H and O–H groups in total. The highest BCUT2D eigenvalue weighted by Crippen LogP contribution is 2.00. The lowest BCUT2D eigenvalue weighted by molar-refractivity contribution is -0.142. The minimum Gasteiger partial charge on any atom is -0.481 e. The van der Waals surface area contributed by atoms with Gasteiger partial charge in [-0.15, -0.1) is 0 Å².